The molecule has 1 saturated carbocycles. The highest BCUT2D eigenvalue weighted by molar-refractivity contribution is 6.05. The zero-order chi connectivity index (χ0) is 22.3. The number of tetrazole rings is 1. The molecule has 0 N–H and O–H groups in total. The molecule has 170 valence electrons. The van der Waals surface area contributed by atoms with Crippen LogP contribution in [-0.2, 0) is 12.6 Å². The first-order valence-electron chi connectivity index (χ1n) is 11.8. The van der Waals surface area contributed by atoms with Crippen LogP contribution in [-0.4, -0.2) is 71.9 Å². The largest absolute Gasteiger partial charge is 0.335 e. The van der Waals surface area contributed by atoms with Crippen molar-refractivity contribution in [3.63, 3.8) is 0 Å². The minimum absolute atomic E-state index is 0.0179. The highest BCUT2D eigenvalue weighted by Gasteiger charge is 2.49. The van der Waals surface area contributed by atoms with Gasteiger partial charge in [-0.15, -0.1) is 5.10 Å². The van der Waals surface area contributed by atoms with Gasteiger partial charge in [-0.25, -0.2) is 4.68 Å². The third-order valence-electron chi connectivity index (χ3n) is 7.44. The molecule has 1 aliphatic carbocycles. The minimum Gasteiger partial charge on any atom is -0.335 e. The van der Waals surface area contributed by atoms with Crippen molar-refractivity contribution in [2.45, 2.75) is 57.5 Å². The van der Waals surface area contributed by atoms with E-state index in [1.807, 2.05) is 36.2 Å². The molecule has 3 heterocycles. The standard InChI is InChI=1S/C23H32N8O/c1-4-30(5-2)23(22-24-26-27-31(22)17-10-6-7-11-17)14-15-29(16-23)21(32)20-18-12-8-9-13-19(18)28(3)25-20/h8-9,12-13,17H,4-7,10-11,14-16H2,1-3H3. The Morgan fingerprint density at radius 3 is 2.69 bits per heavy atom. The van der Waals surface area contributed by atoms with Crippen molar-refractivity contribution in [2.75, 3.05) is 26.2 Å². The van der Waals surface area contributed by atoms with Gasteiger partial charge in [0.1, 0.15) is 5.54 Å². The van der Waals surface area contributed by atoms with Gasteiger partial charge in [0.2, 0.25) is 0 Å². The maximum atomic E-state index is 13.6. The normalized spacial score (nSPS) is 21.9. The Labute approximate surface area is 188 Å². The van der Waals surface area contributed by atoms with Gasteiger partial charge in [0.15, 0.2) is 11.5 Å². The third-order valence-corrected chi connectivity index (χ3v) is 7.44. The van der Waals surface area contributed by atoms with Crippen molar-refractivity contribution in [3.8, 4) is 0 Å². The van der Waals surface area contributed by atoms with Crippen LogP contribution in [0.3, 0.4) is 0 Å². The maximum absolute atomic E-state index is 13.6. The van der Waals surface area contributed by atoms with E-state index in [1.54, 1.807) is 4.68 Å². The summed E-state index contributed by atoms with van der Waals surface area (Å²) in [5, 5.41) is 18.5. The van der Waals surface area contributed by atoms with Crippen LogP contribution in [0.2, 0.25) is 0 Å². The summed E-state index contributed by atoms with van der Waals surface area (Å²) < 4.78 is 3.85. The third kappa shape index (κ3) is 3.21. The van der Waals surface area contributed by atoms with Crippen LogP contribution < -0.4 is 0 Å². The SMILES string of the molecule is CCN(CC)C1(c2nnnn2C2CCCC2)CCN(C(=O)c2nn(C)c3ccccc23)C1. The number of carbonyl (C=O) groups excluding carboxylic acids is 1. The van der Waals surface area contributed by atoms with Crippen molar-refractivity contribution in [1.82, 2.24) is 39.8 Å². The number of amides is 1. The minimum atomic E-state index is -0.379. The molecule has 1 amide bonds. The average Bonchev–Trinajstić information content (AvgIpc) is 3.60. The summed E-state index contributed by atoms with van der Waals surface area (Å²) in [5.41, 5.74) is 1.11. The number of nitrogens with zero attached hydrogens (tertiary/aromatic N) is 8. The Balaban J connectivity index is 1.51. The first-order chi connectivity index (χ1) is 15.6. The van der Waals surface area contributed by atoms with E-state index in [0.717, 1.165) is 49.1 Å². The number of aryl methyl sites for hydroxylation is 1. The van der Waals surface area contributed by atoms with Gasteiger partial charge in [-0.2, -0.15) is 5.10 Å². The van der Waals surface area contributed by atoms with E-state index in [9.17, 15) is 4.79 Å². The quantitative estimate of drug-likeness (QED) is 0.591. The first-order valence-corrected chi connectivity index (χ1v) is 11.8. The number of rotatable bonds is 6. The van der Waals surface area contributed by atoms with Crippen molar-refractivity contribution in [1.29, 1.82) is 0 Å². The Kier molecular flexibility index (Phi) is 5.44. The Hall–Kier alpha value is -2.81. The molecule has 5 rings (SSSR count). The van der Waals surface area contributed by atoms with E-state index in [2.05, 4.69) is 44.1 Å². The Bertz CT molecular complexity index is 1110. The van der Waals surface area contributed by atoms with Gasteiger partial charge in [0.25, 0.3) is 5.91 Å². The van der Waals surface area contributed by atoms with Crippen molar-refractivity contribution >= 4 is 16.8 Å². The molecule has 0 bridgehead atoms. The van der Waals surface area contributed by atoms with Crippen LogP contribution in [0.25, 0.3) is 10.9 Å². The number of aromatic nitrogens is 6. The van der Waals surface area contributed by atoms with E-state index < -0.39 is 0 Å². The number of fused-ring (bicyclic) bond motifs is 1. The molecule has 1 atom stereocenters. The fourth-order valence-electron chi connectivity index (χ4n) is 5.79. The topological polar surface area (TPSA) is 85.0 Å². The molecular formula is C23H32N8O. The average molecular weight is 437 g/mol. The molecule has 2 aliphatic rings. The summed E-state index contributed by atoms with van der Waals surface area (Å²) in [6.45, 7) is 7.34. The predicted molar refractivity (Wildman–Crippen MR) is 121 cm³/mol. The number of likely N-dealkylation sites (tertiary alicyclic amines) is 1. The molecule has 1 saturated heterocycles. The molecule has 2 aromatic heterocycles. The molecule has 0 spiro atoms. The van der Waals surface area contributed by atoms with Crippen LogP contribution in [0.1, 0.15) is 68.3 Å². The lowest BCUT2D eigenvalue weighted by Gasteiger charge is -2.39. The number of hydrogen-bond acceptors (Lipinski definition) is 6. The number of para-hydroxylation sites is 1. The predicted octanol–water partition coefficient (Wildman–Crippen LogP) is 2.76. The Morgan fingerprint density at radius 2 is 1.94 bits per heavy atom. The fourth-order valence-corrected chi connectivity index (χ4v) is 5.79. The second-order valence-corrected chi connectivity index (χ2v) is 9.06. The molecule has 1 aliphatic heterocycles. The number of hydrogen-bond donors (Lipinski definition) is 0. The molecule has 9 heteroatoms. The number of benzene rings is 1. The monoisotopic (exact) mass is 436 g/mol. The van der Waals surface area contributed by atoms with Gasteiger partial charge >= 0.3 is 0 Å². The van der Waals surface area contributed by atoms with Crippen LogP contribution >= 0.6 is 0 Å². The summed E-state index contributed by atoms with van der Waals surface area (Å²) in [6.07, 6.45) is 5.50. The summed E-state index contributed by atoms with van der Waals surface area (Å²) in [5.74, 6) is 0.894. The molecular weight excluding hydrogens is 404 g/mol. The molecule has 1 unspecified atom stereocenters. The molecule has 3 aromatic rings. The lowest BCUT2D eigenvalue weighted by atomic mass is 9.94. The molecule has 1 aromatic carbocycles. The number of carbonyl (C=O) groups is 1. The summed E-state index contributed by atoms with van der Waals surface area (Å²) in [7, 11) is 1.89. The zero-order valence-electron chi connectivity index (χ0n) is 19.2. The maximum Gasteiger partial charge on any atom is 0.275 e. The van der Waals surface area contributed by atoms with Gasteiger partial charge in [-0.05, 0) is 48.8 Å². The van der Waals surface area contributed by atoms with Gasteiger partial charge in [-0.3, -0.25) is 14.4 Å². The van der Waals surface area contributed by atoms with Gasteiger partial charge in [0, 0.05) is 25.5 Å². The zero-order valence-corrected chi connectivity index (χ0v) is 19.2. The van der Waals surface area contributed by atoms with Gasteiger partial charge < -0.3 is 4.90 Å². The van der Waals surface area contributed by atoms with Crippen LogP contribution in [0, 0.1) is 0 Å². The van der Waals surface area contributed by atoms with E-state index in [4.69, 9.17) is 0 Å². The molecule has 9 nitrogen and oxygen atoms in total. The van der Waals surface area contributed by atoms with Crippen molar-refractivity contribution in [3.05, 3.63) is 35.8 Å². The lowest BCUT2D eigenvalue weighted by molar-refractivity contribution is 0.0657. The van der Waals surface area contributed by atoms with Gasteiger partial charge in [-0.1, -0.05) is 44.9 Å². The Morgan fingerprint density at radius 1 is 1.19 bits per heavy atom. The van der Waals surface area contributed by atoms with Crippen LogP contribution in [0.5, 0.6) is 0 Å². The summed E-state index contributed by atoms with van der Waals surface area (Å²) >= 11 is 0. The summed E-state index contributed by atoms with van der Waals surface area (Å²) in [6, 6.07) is 8.27. The number of likely N-dealkylation sites (N-methyl/N-ethyl adjacent to an activating group) is 1. The van der Waals surface area contributed by atoms with Gasteiger partial charge in [0.05, 0.1) is 11.6 Å². The molecule has 32 heavy (non-hydrogen) atoms. The highest BCUT2D eigenvalue weighted by atomic mass is 16.2. The van der Waals surface area contributed by atoms with E-state index >= 15 is 0 Å². The summed E-state index contributed by atoms with van der Waals surface area (Å²) in [4.78, 5) is 18.0. The lowest BCUT2D eigenvalue weighted by Crippen LogP contribution is -2.50. The van der Waals surface area contributed by atoms with E-state index in [0.29, 0.717) is 24.8 Å². The van der Waals surface area contributed by atoms with E-state index in [-0.39, 0.29) is 11.4 Å². The van der Waals surface area contributed by atoms with Crippen molar-refractivity contribution in [2.24, 2.45) is 7.05 Å². The molecule has 2 fully saturated rings. The van der Waals surface area contributed by atoms with Crippen LogP contribution in [0.4, 0.5) is 0 Å². The second-order valence-electron chi connectivity index (χ2n) is 9.06. The highest BCUT2D eigenvalue weighted by Crippen LogP contribution is 2.40. The molecule has 0 radical (unpaired) electrons. The first kappa shape index (κ1) is 21.1. The smallest absolute Gasteiger partial charge is 0.275 e. The van der Waals surface area contributed by atoms with Crippen molar-refractivity contribution < 1.29 is 4.79 Å². The van der Waals surface area contributed by atoms with E-state index in [1.165, 1.54) is 12.8 Å². The van der Waals surface area contributed by atoms with Crippen LogP contribution in [0.15, 0.2) is 24.3 Å². The fraction of sp³-hybridized carbons (Fsp3) is 0.609. The second kappa shape index (κ2) is 8.27.